The fraction of sp³-hybridized carbons (Fsp3) is 0.613. The van der Waals surface area contributed by atoms with Gasteiger partial charge >= 0.3 is 23.5 Å². The zero-order chi connectivity index (χ0) is 44.5. The Kier molecular flexibility index (Phi) is 18.1. The highest BCUT2D eigenvalue weighted by molar-refractivity contribution is 8.14. The monoisotopic (exact) mass is 917 g/mol. The van der Waals surface area contributed by atoms with E-state index >= 15 is 0 Å². The van der Waals surface area contributed by atoms with Gasteiger partial charge < -0.3 is 50.9 Å². The Morgan fingerprint density at radius 3 is 2.39 bits per heavy atom. The minimum Gasteiger partial charge on any atom is -0.386 e. The quantitative estimate of drug-likeness (QED) is 0.0327. The van der Waals surface area contributed by atoms with Crippen molar-refractivity contribution in [2.75, 3.05) is 37.8 Å². The maximum absolute atomic E-state index is 12.7. The zero-order valence-corrected chi connectivity index (χ0v) is 36.1. The third-order valence-electron chi connectivity index (χ3n) is 8.54. The lowest BCUT2D eigenvalue weighted by Gasteiger charge is -2.30. The van der Waals surface area contributed by atoms with Crippen molar-refractivity contribution in [2.24, 2.45) is 11.3 Å². The predicted octanol–water partition coefficient (Wildman–Crippen LogP) is 1.21. The molecule has 0 bridgehead atoms. The molecule has 28 heteroatoms. The van der Waals surface area contributed by atoms with Crippen molar-refractivity contribution in [1.82, 2.24) is 30.2 Å². The lowest BCUT2D eigenvalue weighted by Crippen LogP contribution is -2.46. The van der Waals surface area contributed by atoms with Crippen molar-refractivity contribution < 1.29 is 80.5 Å². The number of allylic oxidation sites excluding steroid dienone is 2. The number of nitrogens with two attached hydrogens (primary N) is 1. The molecule has 1 fully saturated rings. The minimum absolute atomic E-state index is 0.0288. The van der Waals surface area contributed by atoms with Gasteiger partial charge in [-0.1, -0.05) is 57.7 Å². The molecule has 0 spiro atoms. The summed E-state index contributed by atoms with van der Waals surface area (Å²) in [5.74, 6) is -0.868. The third-order valence-corrected chi connectivity index (χ3v) is 12.6. The van der Waals surface area contributed by atoms with Gasteiger partial charge in [0.1, 0.15) is 36.3 Å². The number of anilines is 1. The number of aliphatic hydroxyl groups excluding tert-OH is 2. The molecule has 0 saturated carbocycles. The number of ether oxygens (including phenoxy) is 1. The highest BCUT2D eigenvalue weighted by Gasteiger charge is 2.50. The van der Waals surface area contributed by atoms with E-state index in [1.165, 1.54) is 13.8 Å². The Labute approximate surface area is 342 Å². The van der Waals surface area contributed by atoms with Crippen LogP contribution in [0.15, 0.2) is 36.5 Å². The minimum atomic E-state index is -5.58. The van der Waals surface area contributed by atoms with Gasteiger partial charge in [-0.3, -0.25) is 32.5 Å². The van der Waals surface area contributed by atoms with Gasteiger partial charge in [0.25, 0.3) is 0 Å². The number of rotatable bonds is 23. The summed E-state index contributed by atoms with van der Waals surface area (Å²) in [6.07, 6.45) is -4.54. The molecule has 24 nitrogen and oxygen atoms in total. The second-order valence-corrected chi connectivity index (χ2v) is 19.4. The number of aromatic nitrogens is 4. The molecule has 3 heterocycles. The van der Waals surface area contributed by atoms with E-state index in [2.05, 4.69) is 41.0 Å². The van der Waals surface area contributed by atoms with Crippen molar-refractivity contribution >= 4 is 69.1 Å². The Morgan fingerprint density at radius 1 is 1.08 bits per heavy atom. The summed E-state index contributed by atoms with van der Waals surface area (Å²) in [4.78, 5) is 88.1. The Balaban J connectivity index is 1.46. The van der Waals surface area contributed by atoms with Gasteiger partial charge in [0.2, 0.25) is 16.9 Å². The van der Waals surface area contributed by atoms with Crippen LogP contribution >= 0.6 is 35.2 Å². The van der Waals surface area contributed by atoms with Gasteiger partial charge in [0.15, 0.2) is 17.7 Å². The van der Waals surface area contributed by atoms with Crippen LogP contribution in [0.25, 0.3) is 11.2 Å². The summed E-state index contributed by atoms with van der Waals surface area (Å²) in [5.41, 5.74) is 5.84. The second-order valence-electron chi connectivity index (χ2n) is 14.1. The van der Waals surface area contributed by atoms with Crippen LogP contribution in [0, 0.1) is 11.3 Å². The van der Waals surface area contributed by atoms with E-state index in [1.54, 1.807) is 6.92 Å². The molecule has 59 heavy (non-hydrogen) atoms. The summed E-state index contributed by atoms with van der Waals surface area (Å²) in [6, 6.07) is 0. The molecule has 332 valence electrons. The van der Waals surface area contributed by atoms with E-state index in [1.807, 2.05) is 19.9 Å². The summed E-state index contributed by atoms with van der Waals surface area (Å²) in [7, 11) is -16.4. The lowest BCUT2D eigenvalue weighted by atomic mass is 9.87. The number of hydrogen-bond donors (Lipinski definition) is 9. The van der Waals surface area contributed by atoms with E-state index in [9.17, 15) is 57.9 Å². The molecule has 2 amide bonds. The van der Waals surface area contributed by atoms with Crippen LogP contribution < -0.4 is 16.4 Å². The van der Waals surface area contributed by atoms with E-state index in [-0.39, 0.29) is 41.6 Å². The molecule has 1 saturated heterocycles. The van der Waals surface area contributed by atoms with Crippen molar-refractivity contribution in [3.05, 3.63) is 36.5 Å². The first-order valence-corrected chi connectivity index (χ1v) is 23.1. The van der Waals surface area contributed by atoms with Gasteiger partial charge in [-0.05, 0) is 24.8 Å². The fourth-order valence-corrected chi connectivity index (χ4v) is 8.52. The number of phosphoric ester groups is 3. The number of phosphoric acid groups is 3. The maximum atomic E-state index is 12.7. The van der Waals surface area contributed by atoms with Crippen LogP contribution in [0.1, 0.15) is 53.7 Å². The molecule has 3 unspecified atom stereocenters. The molecule has 1 aliphatic heterocycles. The first kappa shape index (κ1) is 50.4. The van der Waals surface area contributed by atoms with Gasteiger partial charge in [-0.15, -0.1) is 0 Å². The van der Waals surface area contributed by atoms with Gasteiger partial charge in [0.05, 0.1) is 19.5 Å². The van der Waals surface area contributed by atoms with Crippen LogP contribution in [-0.2, 0) is 50.7 Å². The fourth-order valence-electron chi connectivity index (χ4n) is 4.99. The van der Waals surface area contributed by atoms with Gasteiger partial charge in [-0.2, -0.15) is 4.31 Å². The molecular weight excluding hydrogens is 867 g/mol. The molecule has 7 atom stereocenters. The van der Waals surface area contributed by atoms with Crippen LogP contribution in [0.3, 0.4) is 0 Å². The average Bonchev–Trinajstić information content (AvgIpc) is 3.69. The number of carbonyl (C=O) groups excluding carboxylic acids is 3. The van der Waals surface area contributed by atoms with Gasteiger partial charge in [0, 0.05) is 30.7 Å². The number of hydrogen-bond acceptors (Lipinski definition) is 18. The zero-order valence-electron chi connectivity index (χ0n) is 32.6. The average molecular weight is 918 g/mol. The third kappa shape index (κ3) is 15.5. The molecule has 2 aromatic rings. The van der Waals surface area contributed by atoms with Crippen molar-refractivity contribution in [3.8, 4) is 0 Å². The number of aliphatic hydroxyl groups is 2. The van der Waals surface area contributed by atoms with E-state index in [0.717, 1.165) is 34.6 Å². The van der Waals surface area contributed by atoms with Crippen LogP contribution in [0.4, 0.5) is 5.82 Å². The maximum Gasteiger partial charge on any atom is 0.481 e. The van der Waals surface area contributed by atoms with Crippen molar-refractivity contribution in [1.29, 1.82) is 0 Å². The van der Waals surface area contributed by atoms with E-state index in [4.69, 9.17) is 19.5 Å². The smallest absolute Gasteiger partial charge is 0.386 e. The number of nitrogens with zero attached hydrogens (tertiary/aromatic N) is 4. The second kappa shape index (κ2) is 21.2. The Bertz CT molecular complexity index is 2010. The molecular formula is C31H50N7O17P3S. The Morgan fingerprint density at radius 2 is 1.75 bits per heavy atom. The van der Waals surface area contributed by atoms with Crippen molar-refractivity contribution in [2.45, 2.75) is 78.1 Å². The number of thioether (sulfide) groups is 1. The lowest BCUT2D eigenvalue weighted by molar-refractivity contribution is -0.137. The topological polar surface area (TPSA) is 364 Å². The molecule has 0 radical (unpaired) electrons. The number of nitrogen functional groups attached to an aromatic ring is 1. The largest absolute Gasteiger partial charge is 0.481 e. The number of carbonyl (C=O) groups is 3. The number of fused-ring (bicyclic) bond motifs is 1. The van der Waals surface area contributed by atoms with Gasteiger partial charge in [-0.25, -0.2) is 28.6 Å². The van der Waals surface area contributed by atoms with E-state index in [0.29, 0.717) is 23.7 Å². The summed E-state index contributed by atoms with van der Waals surface area (Å²) < 4.78 is 62.2. The highest BCUT2D eigenvalue weighted by atomic mass is 32.2. The SMILES string of the molecule is C=C(CC=C(C)C(=O)SCCNC(=O)CCNC(=O)[C@H](O)C(C)(C)COP(=O)(O)OP(=O)(O)OC[C@H]1O[C@@H](n2cnc3c(N)ncnc32)[C@@H](O)C1OP(=O)(O)O)C(C)C. The summed E-state index contributed by atoms with van der Waals surface area (Å²) in [6.45, 7) is 10.1. The van der Waals surface area contributed by atoms with Crippen molar-refractivity contribution in [3.63, 3.8) is 0 Å². The summed E-state index contributed by atoms with van der Waals surface area (Å²) >= 11 is 1.04. The standard InChI is InChI=1S/C31H50N7O17P3S/c1-17(2)18(3)7-8-19(4)30(43)59-12-11-33-21(39)9-10-34-28(42)25(41)31(5,6)14-52-58(49,50)55-57(47,48)51-13-20-24(54-56(44,45)46)23(40)29(53-20)38-16-37-22-26(32)35-15-36-27(22)38/h8,15-17,20,23-25,29,40-41H,3,7,9-14H2,1-2,4-6H3,(H,33,39)(H,34,42)(H,47,48)(H,49,50)(H2,32,35,36)(H2,44,45,46)/t20-,23+,24?,25+,29-/m1/s1. The molecule has 10 N–H and O–H groups in total. The summed E-state index contributed by atoms with van der Waals surface area (Å²) in [5, 5.41) is 26.3. The molecule has 1 aliphatic rings. The first-order valence-electron chi connectivity index (χ1n) is 17.6. The predicted molar refractivity (Wildman–Crippen MR) is 209 cm³/mol. The van der Waals surface area contributed by atoms with E-state index < -0.39 is 84.6 Å². The van der Waals surface area contributed by atoms with Crippen LogP contribution in [0.5, 0.6) is 0 Å². The normalized spacial score (nSPS) is 21.5. The Hall–Kier alpha value is -2.96. The molecule has 0 aliphatic carbocycles. The van der Waals surface area contributed by atoms with Crippen LogP contribution in [-0.4, -0.2) is 123 Å². The highest BCUT2D eigenvalue weighted by Crippen LogP contribution is 2.61. The molecule has 3 rings (SSSR count). The van der Waals surface area contributed by atoms with Crippen LogP contribution in [0.2, 0.25) is 0 Å². The first-order chi connectivity index (χ1) is 27.2. The number of amides is 2. The molecule has 0 aromatic carbocycles. The number of imidazole rings is 1. The molecule has 2 aromatic heterocycles. The number of nitrogens with one attached hydrogen (secondary N) is 2.